The van der Waals surface area contributed by atoms with Crippen LogP contribution in [0.3, 0.4) is 0 Å². The van der Waals surface area contributed by atoms with E-state index in [9.17, 15) is 23.3 Å². The summed E-state index contributed by atoms with van der Waals surface area (Å²) in [6, 6.07) is 28.1. The molecule has 2 N–H and O–H groups in total. The molecule has 9 rings (SSSR count). The zero-order valence-corrected chi connectivity index (χ0v) is 37.2. The summed E-state index contributed by atoms with van der Waals surface area (Å²) in [6.45, 7) is 9.29. The number of likely N-dealkylation sites (tertiary alicyclic amines) is 1. The lowest BCUT2D eigenvalue weighted by atomic mass is 9.89. The molecule has 2 aromatic heterocycles. The summed E-state index contributed by atoms with van der Waals surface area (Å²) >= 11 is 1.78. The summed E-state index contributed by atoms with van der Waals surface area (Å²) in [5, 5.41) is 19.0. The first-order valence-corrected chi connectivity index (χ1v) is 23.2. The van der Waals surface area contributed by atoms with Crippen LogP contribution in [0.5, 0.6) is 0 Å². The van der Waals surface area contributed by atoms with Crippen molar-refractivity contribution >= 4 is 56.0 Å². The lowest BCUT2D eigenvalue weighted by Crippen LogP contribution is -2.37. The standard InChI is InChI=1S/C48H46N8O5S2/c1-27-6-19-39(45-42(27)37(25-49)26-50-45)54-63(59,60)38-17-15-33(16-18-38)34-20-22-55(23-21-34)47(58)36-13-9-32(10-14-36)31-7-11-35(12-8-31)44-43-28(2)29(3)62-48(43)56-30(4)52-53-46(56)40(51-44)24-41(57)61-5/h6-19,26,34,40,43,48,50,54H,20-24H2,1-5H3/t40-,43?,48?/m0/s1. The van der Waals surface area contributed by atoms with E-state index in [1.807, 2.05) is 55.1 Å². The van der Waals surface area contributed by atoms with E-state index in [0.29, 0.717) is 46.6 Å². The molecule has 3 aliphatic heterocycles. The average molecular weight is 879 g/mol. The monoisotopic (exact) mass is 878 g/mol. The number of fused-ring (bicyclic) bond motifs is 4. The number of aromatic nitrogens is 4. The van der Waals surface area contributed by atoms with Crippen LogP contribution < -0.4 is 4.72 Å². The molecule has 63 heavy (non-hydrogen) atoms. The van der Waals surface area contributed by atoms with Gasteiger partial charge in [0.05, 0.1) is 52.2 Å². The number of allylic oxidation sites excluding steroid dienone is 2. The van der Waals surface area contributed by atoms with Gasteiger partial charge in [-0.25, -0.2) is 8.42 Å². The fourth-order valence-electron chi connectivity index (χ4n) is 9.14. The van der Waals surface area contributed by atoms with Crippen molar-refractivity contribution in [3.8, 4) is 17.2 Å². The maximum atomic E-state index is 13.7. The Morgan fingerprint density at radius 3 is 2.24 bits per heavy atom. The molecule has 6 aromatic rings. The molecule has 0 saturated carbocycles. The number of amides is 1. The minimum Gasteiger partial charge on any atom is -0.469 e. The number of H-pyrrole nitrogens is 1. The number of aliphatic imine (C=N–C) groups is 1. The van der Waals surface area contributed by atoms with Crippen LogP contribution in [0.1, 0.15) is 94.7 Å². The molecule has 0 aliphatic carbocycles. The van der Waals surface area contributed by atoms with Gasteiger partial charge in [-0.2, -0.15) is 5.26 Å². The Bertz CT molecular complexity index is 2990. The van der Waals surface area contributed by atoms with Gasteiger partial charge in [0.15, 0.2) is 5.82 Å². The third-order valence-electron chi connectivity index (χ3n) is 12.7. The van der Waals surface area contributed by atoms with Crippen LogP contribution in [-0.4, -0.2) is 70.9 Å². The molecule has 320 valence electrons. The Morgan fingerprint density at radius 1 is 0.905 bits per heavy atom. The van der Waals surface area contributed by atoms with Crippen LogP contribution in [0.4, 0.5) is 5.69 Å². The molecule has 2 unspecified atom stereocenters. The van der Waals surface area contributed by atoms with E-state index >= 15 is 0 Å². The number of thioether (sulfide) groups is 1. The normalized spacial score (nSPS) is 19.0. The maximum Gasteiger partial charge on any atom is 0.308 e. The lowest BCUT2D eigenvalue weighted by molar-refractivity contribution is -0.141. The molecule has 1 fully saturated rings. The summed E-state index contributed by atoms with van der Waals surface area (Å²) in [7, 11) is -2.51. The second kappa shape index (κ2) is 16.7. The minimum absolute atomic E-state index is 0.0157. The first kappa shape index (κ1) is 41.8. The summed E-state index contributed by atoms with van der Waals surface area (Å²) in [6.07, 6.45) is 3.17. The van der Waals surface area contributed by atoms with Gasteiger partial charge in [0.2, 0.25) is 0 Å². The maximum absolute atomic E-state index is 13.7. The number of ether oxygens (including phenoxy) is 1. The second-order valence-electron chi connectivity index (χ2n) is 16.4. The highest BCUT2D eigenvalue weighted by atomic mass is 32.2. The van der Waals surface area contributed by atoms with E-state index in [2.05, 4.69) is 68.7 Å². The number of nitriles is 1. The number of aryl methyl sites for hydroxylation is 2. The highest BCUT2D eigenvalue weighted by Gasteiger charge is 2.43. The largest absolute Gasteiger partial charge is 0.469 e. The van der Waals surface area contributed by atoms with Crippen molar-refractivity contribution in [3.63, 3.8) is 0 Å². The van der Waals surface area contributed by atoms with Gasteiger partial charge >= 0.3 is 5.97 Å². The second-order valence-corrected chi connectivity index (χ2v) is 19.4. The highest BCUT2D eigenvalue weighted by molar-refractivity contribution is 8.03. The number of piperidine rings is 1. The predicted molar refractivity (Wildman–Crippen MR) is 244 cm³/mol. The van der Waals surface area contributed by atoms with Crippen LogP contribution in [0.2, 0.25) is 0 Å². The number of anilines is 1. The molecule has 5 heterocycles. The molecule has 0 bridgehead atoms. The van der Waals surface area contributed by atoms with Gasteiger partial charge in [-0.3, -0.25) is 23.9 Å². The van der Waals surface area contributed by atoms with Crippen molar-refractivity contribution in [2.45, 2.75) is 69.2 Å². The average Bonchev–Trinajstić information content (AvgIpc) is 3.98. The van der Waals surface area contributed by atoms with Crippen molar-refractivity contribution in [1.82, 2.24) is 24.6 Å². The topological polar surface area (TPSA) is 175 Å². The molecule has 1 saturated heterocycles. The van der Waals surface area contributed by atoms with E-state index in [0.717, 1.165) is 52.2 Å². The van der Waals surface area contributed by atoms with Crippen molar-refractivity contribution in [3.05, 3.63) is 141 Å². The number of nitrogens with zero attached hydrogens (tertiary/aromatic N) is 6. The Kier molecular flexibility index (Phi) is 11.1. The molecule has 0 radical (unpaired) electrons. The fraction of sp³-hybridized carbons (Fsp3) is 0.292. The van der Waals surface area contributed by atoms with Crippen molar-refractivity contribution < 1.29 is 22.7 Å². The molecule has 13 nitrogen and oxygen atoms in total. The van der Waals surface area contributed by atoms with Crippen LogP contribution in [-0.2, 0) is 19.6 Å². The van der Waals surface area contributed by atoms with E-state index in [-0.39, 0.29) is 40.4 Å². The number of carbonyl (C=O) groups excluding carboxylic acids is 2. The summed E-state index contributed by atoms with van der Waals surface area (Å²) < 4.78 is 36.7. The first-order chi connectivity index (χ1) is 30.3. The predicted octanol–water partition coefficient (Wildman–Crippen LogP) is 9.00. The summed E-state index contributed by atoms with van der Waals surface area (Å²) in [5.41, 5.74) is 9.04. The number of carbonyl (C=O) groups is 2. The SMILES string of the molecule is COC(=O)C[C@@H]1N=C(c2ccc(-c3ccc(C(=O)N4CCC(c5ccc(S(=O)(=O)Nc6ccc(C)c7c(C#N)c[nH]c67)cc5)CC4)cc3)cc2)C2C(C)=C(C)SC2n2c(C)nnc21. The van der Waals surface area contributed by atoms with Gasteiger partial charge in [-0.05, 0) is 110 Å². The Hall–Kier alpha value is -6.50. The molecule has 3 aliphatic rings. The molecular formula is C48H46N8O5S2. The number of nitrogens with one attached hydrogen (secondary N) is 2. The number of hydrogen-bond acceptors (Lipinski definition) is 10. The number of aromatic amines is 1. The number of sulfonamides is 1. The zero-order chi connectivity index (χ0) is 44.2. The van der Waals surface area contributed by atoms with Crippen molar-refractivity contribution in [2.75, 3.05) is 24.9 Å². The number of esters is 1. The van der Waals surface area contributed by atoms with Gasteiger partial charge in [-0.15, -0.1) is 22.0 Å². The van der Waals surface area contributed by atoms with Gasteiger partial charge < -0.3 is 14.6 Å². The lowest BCUT2D eigenvalue weighted by Gasteiger charge is -2.32. The van der Waals surface area contributed by atoms with Crippen molar-refractivity contribution in [1.29, 1.82) is 5.26 Å². The summed E-state index contributed by atoms with van der Waals surface area (Å²) in [4.78, 5) is 37.8. The van der Waals surface area contributed by atoms with Crippen LogP contribution in [0.15, 0.2) is 111 Å². The number of benzene rings is 4. The van der Waals surface area contributed by atoms with E-state index < -0.39 is 16.1 Å². The molecule has 1 amide bonds. The van der Waals surface area contributed by atoms with Crippen LogP contribution in [0, 0.1) is 31.1 Å². The van der Waals surface area contributed by atoms with Gasteiger partial charge in [0, 0.05) is 30.2 Å². The minimum atomic E-state index is -3.89. The van der Waals surface area contributed by atoms with E-state index in [4.69, 9.17) is 9.73 Å². The Morgan fingerprint density at radius 2 is 1.57 bits per heavy atom. The third-order valence-corrected chi connectivity index (χ3v) is 15.5. The molecular weight excluding hydrogens is 833 g/mol. The van der Waals surface area contributed by atoms with Gasteiger partial charge in [0.1, 0.15) is 17.9 Å². The number of hydrogen-bond donors (Lipinski definition) is 2. The first-order valence-electron chi connectivity index (χ1n) is 20.9. The molecule has 4 aromatic carbocycles. The zero-order valence-electron chi connectivity index (χ0n) is 35.5. The van der Waals surface area contributed by atoms with E-state index in [1.54, 1.807) is 42.2 Å². The smallest absolute Gasteiger partial charge is 0.308 e. The molecule has 3 atom stereocenters. The van der Waals surface area contributed by atoms with Crippen LogP contribution in [0.25, 0.3) is 22.0 Å². The Labute approximate surface area is 370 Å². The van der Waals surface area contributed by atoms with E-state index in [1.165, 1.54) is 17.6 Å². The van der Waals surface area contributed by atoms with Gasteiger partial charge in [-0.1, -0.05) is 60.2 Å². The fourth-order valence-corrected chi connectivity index (χ4v) is 11.7. The van der Waals surface area contributed by atoms with Crippen molar-refractivity contribution in [2.24, 2.45) is 10.9 Å². The van der Waals surface area contributed by atoms with Crippen LogP contribution >= 0.6 is 11.8 Å². The number of rotatable bonds is 9. The highest BCUT2D eigenvalue weighted by Crippen LogP contribution is 2.53. The molecule has 15 heteroatoms. The van der Waals surface area contributed by atoms with Gasteiger partial charge in [0.25, 0.3) is 15.9 Å². The Balaban J connectivity index is 0.847. The quantitative estimate of drug-likeness (QED) is 0.134. The third kappa shape index (κ3) is 7.71. The number of methoxy groups -OCH3 is 1. The molecule has 0 spiro atoms. The summed E-state index contributed by atoms with van der Waals surface area (Å²) in [5.74, 6) is 1.24.